The number of esters is 2. The van der Waals surface area contributed by atoms with Crippen LogP contribution in [0.25, 0.3) is 0 Å². The molecule has 1 rings (SSSR count). The van der Waals surface area contributed by atoms with E-state index in [1.165, 1.54) is 76.7 Å². The van der Waals surface area contributed by atoms with Crippen LogP contribution in [0.1, 0.15) is 115 Å². The first kappa shape index (κ1) is 35.9. The Morgan fingerprint density at radius 3 is 1.68 bits per heavy atom. The molecule has 0 spiro atoms. The van der Waals surface area contributed by atoms with Crippen molar-refractivity contribution in [3.8, 4) is 0 Å². The van der Waals surface area contributed by atoms with E-state index in [0.717, 1.165) is 18.7 Å². The van der Waals surface area contributed by atoms with Crippen LogP contribution in [-0.4, -0.2) is 44.5 Å². The maximum atomic E-state index is 13.0. The summed E-state index contributed by atoms with van der Waals surface area (Å²) in [4.78, 5) is 38.0. The first-order chi connectivity index (χ1) is 18.8. The Balaban J connectivity index is 2.25. The van der Waals surface area contributed by atoms with E-state index in [4.69, 9.17) is 9.47 Å². The number of rotatable bonds is 21. The third kappa shape index (κ3) is 16.8. The largest absolute Gasteiger partial charge is 0.465 e. The molecule has 0 aromatic heterocycles. The molecule has 0 amide bonds. The molecule has 228 valence electrons. The lowest BCUT2D eigenvalue weighted by atomic mass is 9.97. The fourth-order valence-corrected chi connectivity index (χ4v) is 5.91. The van der Waals surface area contributed by atoms with E-state index in [0.29, 0.717) is 0 Å². The van der Waals surface area contributed by atoms with Gasteiger partial charge in [-0.15, -0.1) is 0 Å². The summed E-state index contributed by atoms with van der Waals surface area (Å²) >= 11 is 0. The summed E-state index contributed by atoms with van der Waals surface area (Å²) in [5, 5.41) is 3.39. The minimum Gasteiger partial charge on any atom is -0.465 e. The highest BCUT2D eigenvalue weighted by atomic mass is 28.3. The second-order valence-corrected chi connectivity index (χ2v) is 18.8. The Kier molecular flexibility index (Phi) is 17.1. The molecule has 0 radical (unpaired) electrons. The second kappa shape index (κ2) is 19.1. The Morgan fingerprint density at radius 1 is 0.750 bits per heavy atom. The van der Waals surface area contributed by atoms with Crippen LogP contribution in [0, 0.1) is 5.92 Å². The minimum atomic E-state index is -1.62. The van der Waals surface area contributed by atoms with Crippen molar-refractivity contribution in [1.82, 2.24) is 0 Å². The van der Waals surface area contributed by atoms with Crippen LogP contribution in [-0.2, 0) is 19.1 Å². The number of anilines is 1. The van der Waals surface area contributed by atoms with Gasteiger partial charge in [-0.1, -0.05) is 96.3 Å². The summed E-state index contributed by atoms with van der Waals surface area (Å²) in [6, 6.07) is 8.35. The van der Waals surface area contributed by atoms with E-state index in [1.807, 2.05) is 0 Å². The van der Waals surface area contributed by atoms with Crippen molar-refractivity contribution >= 4 is 31.5 Å². The van der Waals surface area contributed by atoms with Gasteiger partial charge in [-0.2, -0.15) is 0 Å². The number of hydrogen-bond acceptors (Lipinski definition) is 6. The molecule has 40 heavy (non-hydrogen) atoms. The zero-order valence-electron chi connectivity index (χ0n) is 26.5. The van der Waals surface area contributed by atoms with E-state index < -0.39 is 37.3 Å². The number of carbonyl (C=O) groups is 3. The third-order valence-electron chi connectivity index (χ3n) is 6.78. The summed E-state index contributed by atoms with van der Waals surface area (Å²) in [7, 11) is -0.842. The van der Waals surface area contributed by atoms with E-state index >= 15 is 0 Å². The van der Waals surface area contributed by atoms with Gasteiger partial charge in [0, 0.05) is 25.9 Å². The Bertz CT molecular complexity index is 870. The molecular formula is C33H57NO5Si. The van der Waals surface area contributed by atoms with Crippen molar-refractivity contribution in [1.29, 1.82) is 0 Å². The minimum absolute atomic E-state index is 0.0767. The summed E-state index contributed by atoms with van der Waals surface area (Å²) < 4.78 is 10.3. The SMILES string of the molecule is CCOC(=O)C(C(=O)OC(C)(C)C)C(=O)c1ccc(NCCCCCCCCCCCCCC[Si](C)(C)C)cc1. The molecule has 1 N–H and O–H groups in total. The smallest absolute Gasteiger partial charge is 0.328 e. The van der Waals surface area contributed by atoms with Crippen LogP contribution in [0.3, 0.4) is 0 Å². The number of hydrogen-bond donors (Lipinski definition) is 1. The van der Waals surface area contributed by atoms with Gasteiger partial charge >= 0.3 is 11.9 Å². The van der Waals surface area contributed by atoms with Crippen molar-refractivity contribution in [3.05, 3.63) is 29.8 Å². The summed E-state index contributed by atoms with van der Waals surface area (Å²) in [6.45, 7) is 15.1. The first-order valence-corrected chi connectivity index (χ1v) is 19.3. The van der Waals surface area contributed by atoms with Crippen molar-refractivity contribution in [2.24, 2.45) is 5.92 Å². The number of nitrogens with one attached hydrogen (secondary N) is 1. The highest BCUT2D eigenvalue weighted by Crippen LogP contribution is 2.20. The van der Waals surface area contributed by atoms with Gasteiger partial charge in [0.15, 0.2) is 5.78 Å². The molecule has 0 bridgehead atoms. The maximum Gasteiger partial charge on any atom is 0.328 e. The normalized spacial score (nSPS) is 12.6. The van der Waals surface area contributed by atoms with Crippen LogP contribution in [0.15, 0.2) is 24.3 Å². The number of ketones is 1. The van der Waals surface area contributed by atoms with Crippen molar-refractivity contribution in [2.45, 2.75) is 136 Å². The number of benzene rings is 1. The quantitative estimate of drug-likeness (QED) is 0.0518. The molecule has 0 heterocycles. The molecule has 7 heteroatoms. The molecule has 0 fully saturated rings. The van der Waals surface area contributed by atoms with Gasteiger partial charge in [-0.05, 0) is 58.4 Å². The fraction of sp³-hybridized carbons (Fsp3) is 0.727. The van der Waals surface area contributed by atoms with E-state index in [2.05, 4.69) is 25.0 Å². The maximum absolute atomic E-state index is 13.0. The van der Waals surface area contributed by atoms with Gasteiger partial charge < -0.3 is 14.8 Å². The molecule has 0 saturated heterocycles. The summed E-state index contributed by atoms with van der Waals surface area (Å²) in [5.41, 5.74) is 0.362. The lowest BCUT2D eigenvalue weighted by molar-refractivity contribution is -0.166. The molecule has 1 aromatic rings. The lowest BCUT2D eigenvalue weighted by Gasteiger charge is -2.22. The molecule has 6 nitrogen and oxygen atoms in total. The molecule has 1 aromatic carbocycles. The predicted octanol–water partition coefficient (Wildman–Crippen LogP) is 8.82. The van der Waals surface area contributed by atoms with E-state index in [9.17, 15) is 14.4 Å². The topological polar surface area (TPSA) is 81.7 Å². The number of ether oxygens (including phenoxy) is 2. The first-order valence-electron chi connectivity index (χ1n) is 15.6. The highest BCUT2D eigenvalue weighted by Gasteiger charge is 2.39. The van der Waals surface area contributed by atoms with Gasteiger partial charge in [0.2, 0.25) is 5.92 Å². The van der Waals surface area contributed by atoms with Crippen LogP contribution in [0.4, 0.5) is 5.69 Å². The zero-order valence-corrected chi connectivity index (χ0v) is 27.5. The van der Waals surface area contributed by atoms with E-state index in [-0.39, 0.29) is 12.2 Å². The van der Waals surface area contributed by atoms with Crippen molar-refractivity contribution < 1.29 is 23.9 Å². The van der Waals surface area contributed by atoms with Gasteiger partial charge in [0.05, 0.1) is 6.61 Å². The standard InChI is InChI=1S/C33H57NO5Si/c1-8-38-31(36)29(32(37)39-33(2,3)4)30(35)27-21-23-28(24-22-27)34-25-19-17-15-13-11-9-10-12-14-16-18-20-26-40(5,6)7/h21-24,29,34H,8-20,25-26H2,1-7H3. The van der Waals surface area contributed by atoms with Gasteiger partial charge in [0.1, 0.15) is 5.60 Å². The van der Waals surface area contributed by atoms with Crippen molar-refractivity contribution in [2.75, 3.05) is 18.5 Å². The van der Waals surface area contributed by atoms with Crippen LogP contribution >= 0.6 is 0 Å². The number of unbranched alkanes of at least 4 members (excludes halogenated alkanes) is 11. The molecule has 0 aliphatic carbocycles. The number of Topliss-reactive ketones (excluding diaryl/α,β-unsaturated/α-hetero) is 1. The van der Waals surface area contributed by atoms with Gasteiger partial charge in [-0.25, -0.2) is 0 Å². The average Bonchev–Trinajstić information content (AvgIpc) is 2.85. The second-order valence-electron chi connectivity index (χ2n) is 13.1. The molecule has 0 saturated carbocycles. The third-order valence-corrected chi connectivity index (χ3v) is 8.63. The summed E-state index contributed by atoms with van der Waals surface area (Å²) in [6.07, 6.45) is 16.0. The van der Waals surface area contributed by atoms with Crippen molar-refractivity contribution in [3.63, 3.8) is 0 Å². The predicted molar refractivity (Wildman–Crippen MR) is 169 cm³/mol. The zero-order chi connectivity index (χ0) is 30.0. The van der Waals surface area contributed by atoms with E-state index in [1.54, 1.807) is 52.0 Å². The number of carbonyl (C=O) groups excluding carboxylic acids is 3. The molecule has 0 aliphatic heterocycles. The highest BCUT2D eigenvalue weighted by molar-refractivity contribution is 6.76. The van der Waals surface area contributed by atoms with Gasteiger partial charge in [-0.3, -0.25) is 14.4 Å². The Morgan fingerprint density at radius 2 is 1.23 bits per heavy atom. The monoisotopic (exact) mass is 575 g/mol. The molecular weight excluding hydrogens is 518 g/mol. The average molecular weight is 576 g/mol. The van der Waals surface area contributed by atoms with Gasteiger partial charge in [0.25, 0.3) is 0 Å². The molecule has 1 atom stereocenters. The molecule has 1 unspecified atom stereocenters. The molecule has 0 aliphatic rings. The lowest BCUT2D eigenvalue weighted by Crippen LogP contribution is -2.38. The van der Waals surface area contributed by atoms with Crippen LogP contribution in [0.5, 0.6) is 0 Å². The Hall–Kier alpha value is -2.15. The summed E-state index contributed by atoms with van der Waals surface area (Å²) in [5.74, 6) is -4.01. The van der Waals surface area contributed by atoms with Crippen LogP contribution in [0.2, 0.25) is 25.7 Å². The fourth-order valence-electron chi connectivity index (χ4n) is 4.60. The van der Waals surface area contributed by atoms with Crippen LogP contribution < -0.4 is 5.32 Å². The Labute approximate surface area is 245 Å².